The molecule has 0 saturated heterocycles. The van der Waals surface area contributed by atoms with Gasteiger partial charge in [0.1, 0.15) is 5.82 Å². The fraction of sp³-hybridized carbons (Fsp3) is 0.238. The Morgan fingerprint density at radius 1 is 1.03 bits per heavy atom. The number of nitrogens with zero attached hydrogens (tertiary/aromatic N) is 2. The second kappa shape index (κ2) is 10.2. The summed E-state index contributed by atoms with van der Waals surface area (Å²) < 4.78 is 38.3. The van der Waals surface area contributed by atoms with Gasteiger partial charge < -0.3 is 26.7 Å². The van der Waals surface area contributed by atoms with Crippen molar-refractivity contribution in [1.29, 1.82) is 0 Å². The van der Waals surface area contributed by atoms with Crippen molar-refractivity contribution >= 4 is 27.5 Å². The van der Waals surface area contributed by atoms with Gasteiger partial charge in [-0.15, -0.1) is 0 Å². The summed E-state index contributed by atoms with van der Waals surface area (Å²) in [4.78, 5) is 8.10. The molecule has 0 saturated carbocycles. The molecule has 0 unspecified atom stereocenters. The van der Waals surface area contributed by atoms with Gasteiger partial charge in [-0.2, -0.15) is 4.98 Å². The minimum atomic E-state index is -3.59. The van der Waals surface area contributed by atoms with Crippen LogP contribution < -0.4 is 31.4 Å². The van der Waals surface area contributed by atoms with Crippen LogP contribution in [0.4, 0.5) is 17.5 Å². The van der Waals surface area contributed by atoms with Crippen LogP contribution in [0.3, 0.4) is 0 Å². The van der Waals surface area contributed by atoms with Crippen LogP contribution in [0.1, 0.15) is 17.5 Å². The van der Waals surface area contributed by atoms with E-state index in [2.05, 4.69) is 14.7 Å². The highest BCUT2D eigenvalue weighted by Gasteiger charge is 2.13. The number of nitrogen functional groups attached to an aromatic ring is 3. The molecule has 3 aromatic rings. The maximum absolute atomic E-state index is 12.3. The average Bonchev–Trinajstić information content (AvgIpc) is 2.76. The van der Waals surface area contributed by atoms with E-state index in [-0.39, 0.29) is 17.4 Å². The summed E-state index contributed by atoms with van der Waals surface area (Å²) in [5.41, 5.74) is 19.2. The summed E-state index contributed by atoms with van der Waals surface area (Å²) in [5.74, 6) is 1.57. The molecular formula is C21H26N6O4S. The Morgan fingerprint density at radius 2 is 1.78 bits per heavy atom. The van der Waals surface area contributed by atoms with Crippen LogP contribution in [0.2, 0.25) is 0 Å². The molecule has 0 aliphatic rings. The second-order valence-corrected chi connectivity index (χ2v) is 8.74. The van der Waals surface area contributed by atoms with Gasteiger partial charge in [-0.25, -0.2) is 18.1 Å². The van der Waals surface area contributed by atoms with Gasteiger partial charge in [0.2, 0.25) is 16.0 Å². The molecule has 0 amide bonds. The highest BCUT2D eigenvalue weighted by molar-refractivity contribution is 7.89. The van der Waals surface area contributed by atoms with Crippen molar-refractivity contribution in [2.45, 2.75) is 17.7 Å². The topological polar surface area (TPSA) is 168 Å². The minimum Gasteiger partial charge on any atom is -0.493 e. The summed E-state index contributed by atoms with van der Waals surface area (Å²) in [6.07, 6.45) is 2.58. The molecule has 0 aliphatic heterocycles. The van der Waals surface area contributed by atoms with Crippen molar-refractivity contribution < 1.29 is 17.9 Å². The Kier molecular flexibility index (Phi) is 7.33. The molecule has 0 spiro atoms. The first-order chi connectivity index (χ1) is 15.3. The standard InChI is InChI=1S/C21H26N6O4S/c1-30-19-12-14(11-15-13-25-21(24)27-20(15)23)3-8-18(19)31-10-2-9-26-32(28,29)17-6-4-16(22)5-7-17/h3-8,12-13,26H,2,9-11,22H2,1H3,(H4,23,24,25,27). The zero-order valence-electron chi connectivity index (χ0n) is 17.6. The van der Waals surface area contributed by atoms with Crippen LogP contribution in [0.5, 0.6) is 11.5 Å². The van der Waals surface area contributed by atoms with Crippen LogP contribution in [-0.2, 0) is 16.4 Å². The Balaban J connectivity index is 1.53. The molecule has 0 bridgehead atoms. The maximum atomic E-state index is 12.3. The Labute approximate surface area is 186 Å². The number of nitrogens with two attached hydrogens (primary N) is 3. The molecule has 0 fully saturated rings. The van der Waals surface area contributed by atoms with Gasteiger partial charge in [-0.1, -0.05) is 6.07 Å². The fourth-order valence-electron chi connectivity index (χ4n) is 2.92. The first-order valence-corrected chi connectivity index (χ1v) is 11.3. The van der Waals surface area contributed by atoms with Crippen LogP contribution in [0, 0.1) is 0 Å². The van der Waals surface area contributed by atoms with Crippen LogP contribution in [-0.4, -0.2) is 38.6 Å². The lowest BCUT2D eigenvalue weighted by Crippen LogP contribution is -2.25. The number of aromatic nitrogens is 2. The summed E-state index contributed by atoms with van der Waals surface area (Å²) in [6, 6.07) is 11.5. The predicted molar refractivity (Wildman–Crippen MR) is 123 cm³/mol. The molecule has 10 nitrogen and oxygen atoms in total. The van der Waals surface area contributed by atoms with Crippen molar-refractivity contribution in [3.05, 3.63) is 59.8 Å². The van der Waals surface area contributed by atoms with Crippen molar-refractivity contribution in [2.24, 2.45) is 0 Å². The van der Waals surface area contributed by atoms with Gasteiger partial charge in [-0.05, 0) is 48.4 Å². The molecule has 11 heteroatoms. The van der Waals surface area contributed by atoms with Crippen LogP contribution >= 0.6 is 0 Å². The number of hydrogen-bond acceptors (Lipinski definition) is 9. The van der Waals surface area contributed by atoms with Crippen LogP contribution in [0.15, 0.2) is 53.6 Å². The van der Waals surface area contributed by atoms with Gasteiger partial charge in [-0.3, -0.25) is 0 Å². The highest BCUT2D eigenvalue weighted by Crippen LogP contribution is 2.29. The van der Waals surface area contributed by atoms with E-state index in [1.807, 2.05) is 12.1 Å². The van der Waals surface area contributed by atoms with Gasteiger partial charge in [0.25, 0.3) is 0 Å². The maximum Gasteiger partial charge on any atom is 0.240 e. The van der Waals surface area contributed by atoms with E-state index >= 15 is 0 Å². The number of nitrogens with one attached hydrogen (secondary N) is 1. The number of benzene rings is 2. The van der Waals surface area contributed by atoms with Crippen LogP contribution in [0.25, 0.3) is 0 Å². The molecule has 2 aromatic carbocycles. The Hall–Kier alpha value is -3.57. The average molecular weight is 459 g/mol. The molecule has 1 heterocycles. The normalized spacial score (nSPS) is 11.3. The summed E-state index contributed by atoms with van der Waals surface area (Å²) in [7, 11) is -2.04. The van der Waals surface area contributed by atoms with Crippen molar-refractivity contribution in [1.82, 2.24) is 14.7 Å². The third-order valence-electron chi connectivity index (χ3n) is 4.60. The quantitative estimate of drug-likeness (QED) is 0.260. The Morgan fingerprint density at radius 3 is 2.47 bits per heavy atom. The molecule has 0 aliphatic carbocycles. The SMILES string of the molecule is COc1cc(Cc2cnc(N)nc2N)ccc1OCCCNS(=O)(=O)c1ccc(N)cc1. The number of hydrogen-bond donors (Lipinski definition) is 4. The van der Waals surface area contributed by atoms with E-state index in [0.717, 1.165) is 11.1 Å². The number of ether oxygens (including phenoxy) is 2. The van der Waals surface area contributed by atoms with Gasteiger partial charge >= 0.3 is 0 Å². The van der Waals surface area contributed by atoms with Gasteiger partial charge in [0.05, 0.1) is 18.6 Å². The minimum absolute atomic E-state index is 0.128. The number of sulfonamides is 1. The molecule has 0 radical (unpaired) electrons. The summed E-state index contributed by atoms with van der Waals surface area (Å²) in [5, 5.41) is 0. The fourth-order valence-corrected chi connectivity index (χ4v) is 4.00. The Bertz CT molecular complexity index is 1170. The molecule has 7 N–H and O–H groups in total. The van der Waals surface area contributed by atoms with E-state index < -0.39 is 10.0 Å². The predicted octanol–water partition coefficient (Wildman–Crippen LogP) is 1.57. The monoisotopic (exact) mass is 458 g/mol. The van der Waals surface area contributed by atoms with Gasteiger partial charge in [0, 0.05) is 30.4 Å². The lowest BCUT2D eigenvalue weighted by Gasteiger charge is -2.13. The third-order valence-corrected chi connectivity index (χ3v) is 6.08. The molecular weight excluding hydrogens is 432 g/mol. The van der Waals surface area contributed by atoms with Gasteiger partial charge in [0.15, 0.2) is 11.5 Å². The molecule has 1 aromatic heterocycles. The van der Waals surface area contributed by atoms with E-state index in [1.165, 1.54) is 12.1 Å². The number of rotatable bonds is 10. The van der Waals surface area contributed by atoms with Crippen molar-refractivity contribution in [2.75, 3.05) is 37.5 Å². The third kappa shape index (κ3) is 5.99. The zero-order chi connectivity index (χ0) is 23.1. The summed E-state index contributed by atoms with van der Waals surface area (Å²) in [6.45, 7) is 0.530. The highest BCUT2D eigenvalue weighted by atomic mass is 32.2. The summed E-state index contributed by atoms with van der Waals surface area (Å²) >= 11 is 0. The van der Waals surface area contributed by atoms with E-state index in [1.54, 1.807) is 31.5 Å². The number of anilines is 3. The zero-order valence-corrected chi connectivity index (χ0v) is 18.4. The molecule has 3 rings (SSSR count). The van der Waals surface area contributed by atoms with E-state index in [0.29, 0.717) is 42.5 Å². The lowest BCUT2D eigenvalue weighted by atomic mass is 10.1. The molecule has 32 heavy (non-hydrogen) atoms. The first-order valence-electron chi connectivity index (χ1n) is 9.80. The first kappa shape index (κ1) is 23.1. The smallest absolute Gasteiger partial charge is 0.240 e. The molecule has 0 atom stereocenters. The lowest BCUT2D eigenvalue weighted by molar-refractivity contribution is 0.290. The largest absolute Gasteiger partial charge is 0.493 e. The second-order valence-electron chi connectivity index (χ2n) is 6.97. The van der Waals surface area contributed by atoms with Crippen molar-refractivity contribution in [3.63, 3.8) is 0 Å². The van der Waals surface area contributed by atoms with E-state index in [4.69, 9.17) is 26.7 Å². The van der Waals surface area contributed by atoms with E-state index in [9.17, 15) is 8.42 Å². The molecule has 170 valence electrons. The van der Waals surface area contributed by atoms with Crippen molar-refractivity contribution in [3.8, 4) is 11.5 Å². The number of methoxy groups -OCH3 is 1.